The molecule has 0 amide bonds. The van der Waals surface area contributed by atoms with Gasteiger partial charge in [0.05, 0.1) is 10.1 Å². The van der Waals surface area contributed by atoms with Crippen LogP contribution in [0.15, 0.2) is 30.3 Å². The van der Waals surface area contributed by atoms with Crippen LogP contribution in [0.25, 0.3) is 10.8 Å². The molecule has 0 saturated heterocycles. The van der Waals surface area contributed by atoms with Crippen molar-refractivity contribution >= 4 is 20.9 Å². The number of hydrogen-bond acceptors (Lipinski definition) is 3. The molecule has 2 aromatic rings. The minimum absolute atomic E-state index is 0. The average molecular weight is 373 g/mol. The number of hydrogen-bond donors (Lipinski definition) is 0. The molecule has 0 aliphatic carbocycles. The predicted octanol–water partition coefficient (Wildman–Crippen LogP) is 1.86. The summed E-state index contributed by atoms with van der Waals surface area (Å²) in [4.78, 5) is 0. The van der Waals surface area contributed by atoms with E-state index < -0.39 is 10.1 Å². The van der Waals surface area contributed by atoms with Gasteiger partial charge in [-0.3, -0.25) is 0 Å². The third-order valence-corrected chi connectivity index (χ3v) is 3.86. The van der Waals surface area contributed by atoms with E-state index in [9.17, 15) is 0 Å². The van der Waals surface area contributed by atoms with E-state index in [0.717, 1.165) is 0 Å². The van der Waals surface area contributed by atoms with Crippen molar-refractivity contribution in [2.24, 2.45) is 0 Å². The molecule has 0 heterocycles. The summed E-state index contributed by atoms with van der Waals surface area (Å²) in [6.07, 6.45) is 7.87. The van der Waals surface area contributed by atoms with Gasteiger partial charge in [-0.05, 0) is 46.7 Å². The number of rotatable bonds is 6. The Morgan fingerprint density at radius 1 is 0.800 bits per heavy atom. The summed E-state index contributed by atoms with van der Waals surface area (Å²) in [7, 11) is -3.92. The van der Waals surface area contributed by atoms with Gasteiger partial charge in [0.25, 0.3) is 0 Å². The maximum Gasteiger partial charge on any atom is 1.00 e. The predicted molar refractivity (Wildman–Crippen MR) is 102 cm³/mol. The Hall–Kier alpha value is -0.390. The fourth-order valence-electron chi connectivity index (χ4n) is 3.06. The minimum atomic E-state index is -3.92. The van der Waals surface area contributed by atoms with Gasteiger partial charge >= 0.3 is 29.6 Å². The zero-order chi connectivity index (χ0) is 18.2. The summed E-state index contributed by atoms with van der Waals surface area (Å²) in [5, 5.41) is 3.05. The molecular formula is C20H29NaO3S. The first-order chi connectivity index (χ1) is 11.3. The third-order valence-electron chi connectivity index (χ3n) is 3.86. The third kappa shape index (κ3) is 8.69. The molecule has 0 spiro atoms. The molecule has 25 heavy (non-hydrogen) atoms. The molecule has 0 radical (unpaired) electrons. The van der Waals surface area contributed by atoms with Crippen LogP contribution in [0.2, 0.25) is 0 Å². The van der Waals surface area contributed by atoms with Crippen LogP contribution in [0.3, 0.4) is 0 Å². The van der Waals surface area contributed by atoms with Crippen molar-refractivity contribution in [1.82, 2.24) is 0 Å². The van der Waals surface area contributed by atoms with Gasteiger partial charge in [0, 0.05) is 6.26 Å². The molecule has 0 unspecified atom stereocenters. The standard InChI is InChI=1S/C19H26.CH4O3S.Na/c1-4-8-15-13-14-17(10-6-3)19-16(9-5-2)11-7-12-18(15)19;1-5(2,3)4;/h7,11-14H,4-6,8-10H2,1-3H3;1H3,(H,2,3,4);/q;;+1/p-1. The SMILES string of the molecule is CCCc1ccc(CCC)c2c(CCC)cccc12.CS(=O)(=O)[O-].[Na+]. The van der Waals surface area contributed by atoms with Crippen LogP contribution in [0.4, 0.5) is 0 Å². The summed E-state index contributed by atoms with van der Waals surface area (Å²) in [5.74, 6) is 0. The Bertz CT molecular complexity index is 735. The van der Waals surface area contributed by atoms with E-state index in [4.69, 9.17) is 13.0 Å². The van der Waals surface area contributed by atoms with Crippen molar-refractivity contribution < 1.29 is 42.5 Å². The maximum absolute atomic E-state index is 9.08. The molecular weight excluding hydrogens is 343 g/mol. The van der Waals surface area contributed by atoms with Gasteiger partial charge in [0.1, 0.15) is 0 Å². The quantitative estimate of drug-likeness (QED) is 0.574. The van der Waals surface area contributed by atoms with Gasteiger partial charge < -0.3 is 4.55 Å². The Labute approximate surface area is 175 Å². The molecule has 0 bridgehead atoms. The van der Waals surface area contributed by atoms with Gasteiger partial charge in [-0.1, -0.05) is 70.4 Å². The second-order valence-corrected chi connectivity index (χ2v) is 7.59. The van der Waals surface area contributed by atoms with E-state index in [1.54, 1.807) is 16.5 Å². The topological polar surface area (TPSA) is 57.2 Å². The molecule has 0 aliphatic heterocycles. The fourth-order valence-corrected chi connectivity index (χ4v) is 3.06. The smallest absolute Gasteiger partial charge is 0.748 e. The van der Waals surface area contributed by atoms with Crippen molar-refractivity contribution in [1.29, 1.82) is 0 Å². The summed E-state index contributed by atoms with van der Waals surface area (Å²) in [5.41, 5.74) is 4.61. The Morgan fingerprint density at radius 2 is 1.20 bits per heavy atom. The number of fused-ring (bicyclic) bond motifs is 1. The van der Waals surface area contributed by atoms with E-state index in [-0.39, 0.29) is 29.6 Å². The maximum atomic E-state index is 9.08. The van der Waals surface area contributed by atoms with Crippen LogP contribution in [0.5, 0.6) is 0 Å². The summed E-state index contributed by atoms with van der Waals surface area (Å²) in [6, 6.07) is 11.6. The Kier molecular flexibility index (Phi) is 11.9. The van der Waals surface area contributed by atoms with E-state index in [1.165, 1.54) is 49.5 Å². The molecule has 0 saturated carbocycles. The van der Waals surface area contributed by atoms with E-state index in [2.05, 4.69) is 51.1 Å². The Morgan fingerprint density at radius 3 is 1.68 bits per heavy atom. The number of aryl methyl sites for hydroxylation is 3. The van der Waals surface area contributed by atoms with Crippen molar-refractivity contribution in [3.05, 3.63) is 47.0 Å². The number of benzene rings is 2. The second kappa shape index (κ2) is 12.1. The molecule has 2 rings (SSSR count). The normalized spacial score (nSPS) is 10.8. The molecule has 5 heteroatoms. The minimum Gasteiger partial charge on any atom is -0.748 e. The average Bonchev–Trinajstić information content (AvgIpc) is 2.49. The molecule has 0 aromatic heterocycles. The monoisotopic (exact) mass is 372 g/mol. The van der Waals surface area contributed by atoms with Crippen molar-refractivity contribution in [3.63, 3.8) is 0 Å². The van der Waals surface area contributed by atoms with Gasteiger partial charge in [-0.15, -0.1) is 0 Å². The van der Waals surface area contributed by atoms with Crippen LogP contribution in [-0.2, 0) is 29.4 Å². The van der Waals surface area contributed by atoms with Crippen molar-refractivity contribution in [2.45, 2.75) is 59.3 Å². The van der Waals surface area contributed by atoms with Gasteiger partial charge in [-0.2, -0.15) is 0 Å². The van der Waals surface area contributed by atoms with Crippen LogP contribution in [0, 0.1) is 0 Å². The van der Waals surface area contributed by atoms with Crippen molar-refractivity contribution in [3.8, 4) is 0 Å². The first-order valence-corrected chi connectivity index (χ1v) is 10.6. The molecule has 0 N–H and O–H groups in total. The van der Waals surface area contributed by atoms with E-state index in [1.807, 2.05) is 0 Å². The zero-order valence-corrected chi connectivity index (χ0v) is 19.1. The molecule has 2 aromatic carbocycles. The molecule has 3 nitrogen and oxygen atoms in total. The van der Waals surface area contributed by atoms with Gasteiger partial charge in [-0.25, -0.2) is 8.42 Å². The van der Waals surface area contributed by atoms with Gasteiger partial charge in [0.2, 0.25) is 0 Å². The largest absolute Gasteiger partial charge is 1.00 e. The second-order valence-electron chi connectivity index (χ2n) is 6.18. The summed E-state index contributed by atoms with van der Waals surface area (Å²) < 4.78 is 27.2. The van der Waals surface area contributed by atoms with Crippen LogP contribution < -0.4 is 29.6 Å². The van der Waals surface area contributed by atoms with Gasteiger partial charge in [0.15, 0.2) is 0 Å². The fraction of sp³-hybridized carbons (Fsp3) is 0.500. The first kappa shape index (κ1) is 24.6. The van der Waals surface area contributed by atoms with E-state index >= 15 is 0 Å². The van der Waals surface area contributed by atoms with E-state index in [0.29, 0.717) is 6.26 Å². The summed E-state index contributed by atoms with van der Waals surface area (Å²) >= 11 is 0. The van der Waals surface area contributed by atoms with Crippen LogP contribution in [0.1, 0.15) is 56.7 Å². The summed E-state index contributed by atoms with van der Waals surface area (Å²) in [6.45, 7) is 6.81. The van der Waals surface area contributed by atoms with Crippen LogP contribution >= 0.6 is 0 Å². The Balaban J connectivity index is 0.000000848. The molecule has 134 valence electrons. The molecule has 0 atom stereocenters. The molecule has 0 fully saturated rings. The zero-order valence-electron chi connectivity index (χ0n) is 16.3. The van der Waals surface area contributed by atoms with Crippen molar-refractivity contribution in [2.75, 3.05) is 6.26 Å². The molecule has 0 aliphatic rings. The first-order valence-electron chi connectivity index (χ1n) is 8.74. The van der Waals surface area contributed by atoms with Crippen LogP contribution in [-0.4, -0.2) is 19.2 Å².